The van der Waals surface area contributed by atoms with Crippen LogP contribution in [-0.2, 0) is 4.74 Å². The van der Waals surface area contributed by atoms with E-state index in [0.717, 1.165) is 11.1 Å². The molecule has 4 aromatic rings. The minimum absolute atomic E-state index is 0.00800. The molecule has 33 heavy (non-hydrogen) atoms. The van der Waals surface area contributed by atoms with Gasteiger partial charge in [-0.15, -0.1) is 0 Å². The lowest BCUT2D eigenvalue weighted by Gasteiger charge is -2.14. The molecule has 2 aromatic heterocycles. The largest absolute Gasteiger partial charge is 0.449 e. The molecule has 8 nitrogen and oxygen atoms in total. The summed E-state index contributed by atoms with van der Waals surface area (Å²) in [5.41, 5.74) is 5.80. The van der Waals surface area contributed by atoms with Crippen molar-refractivity contribution in [3.63, 3.8) is 0 Å². The molecule has 2 heterocycles. The zero-order valence-corrected chi connectivity index (χ0v) is 17.5. The van der Waals surface area contributed by atoms with Crippen LogP contribution >= 0.6 is 0 Å². The van der Waals surface area contributed by atoms with Gasteiger partial charge in [-0.05, 0) is 33.9 Å². The zero-order chi connectivity index (χ0) is 22.8. The Balaban J connectivity index is 1.18. The van der Waals surface area contributed by atoms with Crippen molar-refractivity contribution in [2.75, 3.05) is 13.2 Å². The Hall–Kier alpha value is -4.46. The van der Waals surface area contributed by atoms with Gasteiger partial charge in [0, 0.05) is 18.7 Å². The number of hydrogen-bond donors (Lipinski definition) is 2. The molecule has 1 aliphatic carbocycles. The van der Waals surface area contributed by atoms with Gasteiger partial charge < -0.3 is 15.0 Å². The summed E-state index contributed by atoms with van der Waals surface area (Å²) in [7, 11) is 0. The van der Waals surface area contributed by atoms with Gasteiger partial charge in [0.2, 0.25) is 0 Å². The normalized spacial score (nSPS) is 12.6. The van der Waals surface area contributed by atoms with E-state index in [1.807, 2.05) is 24.3 Å². The third-order valence-electron chi connectivity index (χ3n) is 5.75. The number of pyridine rings is 1. The third kappa shape index (κ3) is 3.94. The maximum atomic E-state index is 12.2. The first-order chi connectivity index (χ1) is 16.1. The highest BCUT2D eigenvalue weighted by Gasteiger charge is 2.28. The molecule has 1 amide bonds. The number of alkyl carbamates (subject to hydrolysis) is 1. The summed E-state index contributed by atoms with van der Waals surface area (Å²) >= 11 is 0. The van der Waals surface area contributed by atoms with Crippen molar-refractivity contribution in [3.05, 3.63) is 99.9 Å². The van der Waals surface area contributed by atoms with Crippen LogP contribution in [0.3, 0.4) is 0 Å². The lowest BCUT2D eigenvalue weighted by Crippen LogP contribution is -2.26. The van der Waals surface area contributed by atoms with E-state index in [-0.39, 0.29) is 24.8 Å². The fourth-order valence-electron chi connectivity index (χ4n) is 4.23. The number of H-pyrrole nitrogens is 1. The smallest absolute Gasteiger partial charge is 0.407 e. The monoisotopic (exact) mass is 440 g/mol. The molecule has 8 heteroatoms. The number of ether oxygens (including phenoxy) is 1. The second kappa shape index (κ2) is 8.58. The number of nitrogens with one attached hydrogen (secondary N) is 2. The van der Waals surface area contributed by atoms with Crippen molar-refractivity contribution in [2.45, 2.75) is 5.92 Å². The van der Waals surface area contributed by atoms with Crippen molar-refractivity contribution in [1.29, 1.82) is 0 Å². The van der Waals surface area contributed by atoms with Crippen LogP contribution in [0.25, 0.3) is 28.2 Å². The van der Waals surface area contributed by atoms with E-state index in [0.29, 0.717) is 16.6 Å². The van der Waals surface area contributed by atoms with Crippen LogP contribution in [0.15, 0.2) is 73.1 Å². The van der Waals surface area contributed by atoms with Crippen LogP contribution in [0, 0.1) is 10.1 Å². The SMILES string of the molecule is O=C(NCC=Cc1cnc2[nH]cc([N+](=O)[O-])c2c1)OCC1c2ccccc2-c2ccccc21. The highest BCUT2D eigenvalue weighted by molar-refractivity contribution is 5.87. The van der Waals surface area contributed by atoms with Crippen LogP contribution < -0.4 is 5.32 Å². The molecule has 0 saturated heterocycles. The van der Waals surface area contributed by atoms with Crippen LogP contribution in [0.4, 0.5) is 10.5 Å². The fraction of sp³-hybridized carbons (Fsp3) is 0.120. The van der Waals surface area contributed by atoms with Gasteiger partial charge in [-0.25, -0.2) is 9.78 Å². The molecule has 0 bridgehead atoms. The van der Waals surface area contributed by atoms with E-state index in [1.165, 1.54) is 17.3 Å². The van der Waals surface area contributed by atoms with Gasteiger partial charge in [0.15, 0.2) is 0 Å². The molecule has 0 aliphatic heterocycles. The van der Waals surface area contributed by atoms with Crippen molar-refractivity contribution in [3.8, 4) is 11.1 Å². The van der Waals surface area contributed by atoms with E-state index < -0.39 is 11.0 Å². The first-order valence-electron chi connectivity index (χ1n) is 10.5. The van der Waals surface area contributed by atoms with Gasteiger partial charge in [0.25, 0.3) is 5.69 Å². The van der Waals surface area contributed by atoms with E-state index in [9.17, 15) is 14.9 Å². The standard InChI is InChI=1S/C25H20N4O4/c30-25(26-11-5-6-16-12-21-23(29(31)32)14-28-24(21)27-13-16)33-15-22-19-9-3-1-7-17(19)18-8-2-4-10-20(18)22/h1-10,12-14,22H,11,15H2,(H,26,30)(H,27,28). The molecular weight excluding hydrogens is 420 g/mol. The first-order valence-corrected chi connectivity index (χ1v) is 10.5. The number of aromatic nitrogens is 2. The fourth-order valence-corrected chi connectivity index (χ4v) is 4.23. The summed E-state index contributed by atoms with van der Waals surface area (Å²) in [6.07, 6.45) is 5.91. The van der Waals surface area contributed by atoms with Crippen LogP contribution in [0.1, 0.15) is 22.6 Å². The molecule has 1 aliphatic rings. The predicted molar refractivity (Wildman–Crippen MR) is 125 cm³/mol. The topological polar surface area (TPSA) is 110 Å². The number of carbonyl (C=O) groups excluding carboxylic acids is 1. The summed E-state index contributed by atoms with van der Waals surface area (Å²) in [4.78, 5) is 29.8. The zero-order valence-electron chi connectivity index (χ0n) is 17.5. The minimum atomic E-state index is -0.503. The Labute approximate surface area is 189 Å². The van der Waals surface area contributed by atoms with Gasteiger partial charge in [-0.3, -0.25) is 10.1 Å². The van der Waals surface area contributed by atoms with Gasteiger partial charge >= 0.3 is 6.09 Å². The van der Waals surface area contributed by atoms with Crippen LogP contribution in [0.5, 0.6) is 0 Å². The average molecular weight is 440 g/mol. The molecule has 0 spiro atoms. The number of nitro groups is 1. The quantitative estimate of drug-likeness (QED) is 0.323. The molecular formula is C25H20N4O4. The number of amides is 1. The Bertz CT molecular complexity index is 1350. The van der Waals surface area contributed by atoms with Gasteiger partial charge in [0.1, 0.15) is 12.3 Å². The lowest BCUT2D eigenvalue weighted by molar-refractivity contribution is -0.383. The Morgan fingerprint density at radius 1 is 1.15 bits per heavy atom. The van der Waals surface area contributed by atoms with Crippen molar-refractivity contribution in [1.82, 2.24) is 15.3 Å². The molecule has 0 fully saturated rings. The number of hydrogen-bond acceptors (Lipinski definition) is 5. The van der Waals surface area contributed by atoms with E-state index in [1.54, 1.807) is 24.4 Å². The Morgan fingerprint density at radius 2 is 1.85 bits per heavy atom. The Kier molecular flexibility index (Phi) is 5.32. The van der Waals surface area contributed by atoms with E-state index in [4.69, 9.17) is 4.74 Å². The second-order valence-electron chi connectivity index (χ2n) is 7.70. The maximum Gasteiger partial charge on any atom is 0.407 e. The number of rotatable bonds is 6. The summed E-state index contributed by atoms with van der Waals surface area (Å²) in [6, 6.07) is 18.0. The van der Waals surface area contributed by atoms with Gasteiger partial charge in [-0.1, -0.05) is 60.7 Å². The number of aromatic amines is 1. The summed E-state index contributed by atoms with van der Waals surface area (Å²) in [5.74, 6) is 0.00800. The second-order valence-corrected chi connectivity index (χ2v) is 7.70. The Morgan fingerprint density at radius 3 is 2.55 bits per heavy atom. The average Bonchev–Trinajstić information content (AvgIpc) is 3.40. The summed E-state index contributed by atoms with van der Waals surface area (Å²) in [6.45, 7) is 0.505. The van der Waals surface area contributed by atoms with Crippen molar-refractivity contribution < 1.29 is 14.5 Å². The van der Waals surface area contributed by atoms with Gasteiger partial charge in [0.05, 0.1) is 16.5 Å². The van der Waals surface area contributed by atoms with Crippen LogP contribution in [-0.4, -0.2) is 34.1 Å². The highest BCUT2D eigenvalue weighted by Crippen LogP contribution is 2.44. The maximum absolute atomic E-state index is 12.2. The molecule has 0 atom stereocenters. The van der Waals surface area contributed by atoms with Crippen LogP contribution in [0.2, 0.25) is 0 Å². The summed E-state index contributed by atoms with van der Waals surface area (Å²) in [5, 5.41) is 14.2. The predicted octanol–water partition coefficient (Wildman–Crippen LogP) is 5.02. The lowest BCUT2D eigenvalue weighted by atomic mass is 9.98. The van der Waals surface area contributed by atoms with Crippen molar-refractivity contribution in [2.24, 2.45) is 0 Å². The van der Waals surface area contributed by atoms with E-state index in [2.05, 4.69) is 39.6 Å². The number of fused-ring (bicyclic) bond motifs is 4. The molecule has 164 valence electrons. The molecule has 0 unspecified atom stereocenters. The molecule has 2 aromatic carbocycles. The number of benzene rings is 2. The molecule has 2 N–H and O–H groups in total. The third-order valence-corrected chi connectivity index (χ3v) is 5.75. The molecule has 0 saturated carbocycles. The number of nitrogens with zero attached hydrogens (tertiary/aromatic N) is 2. The minimum Gasteiger partial charge on any atom is -0.449 e. The number of carbonyl (C=O) groups is 1. The van der Waals surface area contributed by atoms with Gasteiger partial charge in [-0.2, -0.15) is 0 Å². The molecule has 5 rings (SSSR count). The van der Waals surface area contributed by atoms with Crippen molar-refractivity contribution >= 4 is 28.9 Å². The molecule has 0 radical (unpaired) electrons. The highest BCUT2D eigenvalue weighted by atomic mass is 16.6. The first kappa shape index (κ1) is 20.4. The summed E-state index contributed by atoms with van der Waals surface area (Å²) < 4.78 is 5.51. The van der Waals surface area contributed by atoms with E-state index >= 15 is 0 Å².